The molecule has 5 rings (SSSR count). The molecule has 2 aromatic rings. The number of carbonyl (C=O) groups is 2. The summed E-state index contributed by atoms with van der Waals surface area (Å²) in [6.07, 6.45) is 1.68. The number of rotatable bonds is 4. The first-order chi connectivity index (χ1) is 16.7. The predicted molar refractivity (Wildman–Crippen MR) is 128 cm³/mol. The number of methoxy groups -OCH3 is 1. The first-order valence-electron chi connectivity index (χ1n) is 11.5. The Morgan fingerprint density at radius 3 is 2.71 bits per heavy atom. The van der Waals surface area contributed by atoms with Gasteiger partial charge < -0.3 is 19.9 Å². The molecular weight excluding hydrogens is 451 g/mol. The number of esters is 1. The van der Waals surface area contributed by atoms with Crippen LogP contribution >= 0.6 is 0 Å². The summed E-state index contributed by atoms with van der Waals surface area (Å²) in [7, 11) is 1.36. The Kier molecular flexibility index (Phi) is 5.73. The summed E-state index contributed by atoms with van der Waals surface area (Å²) in [6, 6.07) is 11.7. The van der Waals surface area contributed by atoms with Crippen molar-refractivity contribution < 1.29 is 28.6 Å². The van der Waals surface area contributed by atoms with E-state index in [1.165, 1.54) is 19.2 Å². The van der Waals surface area contributed by atoms with Crippen LogP contribution in [0.3, 0.4) is 0 Å². The van der Waals surface area contributed by atoms with E-state index in [4.69, 9.17) is 9.47 Å². The van der Waals surface area contributed by atoms with Crippen LogP contribution in [0.15, 0.2) is 54.3 Å². The minimum absolute atomic E-state index is 0.322. The highest BCUT2D eigenvalue weighted by atomic mass is 19.1. The quantitative estimate of drug-likeness (QED) is 0.517. The molecule has 1 amide bonds. The maximum atomic E-state index is 13.6. The average Bonchev–Trinajstić information content (AvgIpc) is 3.44. The topological polar surface area (TPSA) is 88.1 Å². The van der Waals surface area contributed by atoms with Crippen LogP contribution in [0.4, 0.5) is 10.1 Å². The highest BCUT2D eigenvalue weighted by molar-refractivity contribution is 6.32. The van der Waals surface area contributed by atoms with Crippen molar-refractivity contribution >= 4 is 28.7 Å². The van der Waals surface area contributed by atoms with Gasteiger partial charge in [-0.25, -0.2) is 4.39 Å². The van der Waals surface area contributed by atoms with Crippen molar-refractivity contribution in [2.24, 2.45) is 0 Å². The maximum Gasteiger partial charge on any atom is 0.323 e. The largest absolute Gasteiger partial charge is 0.482 e. The molecule has 182 valence electrons. The van der Waals surface area contributed by atoms with Gasteiger partial charge in [0.1, 0.15) is 23.2 Å². The summed E-state index contributed by atoms with van der Waals surface area (Å²) in [5.41, 5.74) is 3.62. The Morgan fingerprint density at radius 2 is 2.00 bits per heavy atom. The van der Waals surface area contributed by atoms with Crippen molar-refractivity contribution in [1.29, 1.82) is 0 Å². The van der Waals surface area contributed by atoms with Gasteiger partial charge >= 0.3 is 5.97 Å². The van der Waals surface area contributed by atoms with Gasteiger partial charge in [0.05, 0.1) is 24.5 Å². The summed E-state index contributed by atoms with van der Waals surface area (Å²) in [5, 5.41) is 12.7. The number of β-amino-alcohol motifs (C(OH)–C–C–N with tert-alkyl or cyclic N) is 1. The molecule has 0 aliphatic carbocycles. The second-order valence-electron chi connectivity index (χ2n) is 9.61. The number of ether oxygens (including phenoxy) is 2. The van der Waals surface area contributed by atoms with Gasteiger partial charge in [0.2, 0.25) is 0 Å². The highest BCUT2D eigenvalue weighted by Crippen LogP contribution is 2.44. The van der Waals surface area contributed by atoms with Gasteiger partial charge in [-0.3, -0.25) is 14.5 Å². The molecule has 2 unspecified atom stereocenters. The number of nitrogens with zero attached hydrogens (tertiary/aromatic N) is 1. The molecule has 3 aliphatic heterocycles. The predicted octanol–water partition coefficient (Wildman–Crippen LogP) is 3.49. The van der Waals surface area contributed by atoms with E-state index < -0.39 is 23.6 Å². The third kappa shape index (κ3) is 4.24. The SMILES string of the molecule is COC(=O)C1CC(O)CN1Cc1ccc(C2=C/C(=C3/C(=O)Nc4cc(F)ccc43)OC2(C)C)cc1. The molecule has 7 nitrogen and oxygen atoms in total. The Labute approximate surface area is 202 Å². The molecule has 0 spiro atoms. The summed E-state index contributed by atoms with van der Waals surface area (Å²) in [5.74, 6) is -0.629. The zero-order chi connectivity index (χ0) is 24.9. The van der Waals surface area contributed by atoms with E-state index in [1.54, 1.807) is 6.07 Å². The number of allylic oxidation sites excluding steroid dienone is 1. The second-order valence-corrected chi connectivity index (χ2v) is 9.61. The lowest BCUT2D eigenvalue weighted by Gasteiger charge is -2.24. The van der Waals surface area contributed by atoms with E-state index in [-0.39, 0.29) is 11.9 Å². The van der Waals surface area contributed by atoms with E-state index in [0.29, 0.717) is 42.1 Å². The van der Waals surface area contributed by atoms with E-state index >= 15 is 0 Å². The standard InChI is InChI=1S/C27H27FN2O5/c1-27(2)20(12-23(35-27)24-19-9-8-17(28)10-21(19)29-25(24)32)16-6-4-15(5-7-16)13-30-14-18(31)11-22(30)26(33)34-3/h4-10,12,18,22,31H,11,13-14H2,1-3H3,(H,29,32)/b24-23-. The summed E-state index contributed by atoms with van der Waals surface area (Å²) in [4.78, 5) is 26.7. The molecule has 0 aromatic heterocycles. The van der Waals surface area contributed by atoms with Gasteiger partial charge in [0.15, 0.2) is 0 Å². The maximum absolute atomic E-state index is 13.6. The lowest BCUT2D eigenvalue weighted by molar-refractivity contribution is -0.146. The number of carbonyl (C=O) groups excluding carboxylic acids is 2. The fraction of sp³-hybridized carbons (Fsp3) is 0.333. The molecule has 0 bridgehead atoms. The molecule has 0 saturated carbocycles. The van der Waals surface area contributed by atoms with Crippen LogP contribution in [0.1, 0.15) is 37.0 Å². The van der Waals surface area contributed by atoms with Gasteiger partial charge in [-0.1, -0.05) is 24.3 Å². The summed E-state index contributed by atoms with van der Waals surface area (Å²) < 4.78 is 24.7. The van der Waals surface area contributed by atoms with Crippen LogP contribution in [0, 0.1) is 5.82 Å². The molecule has 2 N–H and O–H groups in total. The van der Waals surface area contributed by atoms with Crippen LogP contribution in [-0.2, 0) is 25.6 Å². The fourth-order valence-electron chi connectivity index (χ4n) is 5.07. The zero-order valence-electron chi connectivity index (χ0n) is 19.8. The van der Waals surface area contributed by atoms with Crippen molar-refractivity contribution in [3.63, 3.8) is 0 Å². The van der Waals surface area contributed by atoms with Crippen LogP contribution < -0.4 is 5.32 Å². The highest BCUT2D eigenvalue weighted by Gasteiger charge is 2.39. The van der Waals surface area contributed by atoms with Gasteiger partial charge in [0.25, 0.3) is 5.91 Å². The molecule has 35 heavy (non-hydrogen) atoms. The van der Waals surface area contributed by atoms with Crippen LogP contribution in [0.5, 0.6) is 0 Å². The first kappa shape index (κ1) is 23.3. The Bertz CT molecular complexity index is 1260. The third-order valence-electron chi connectivity index (χ3n) is 6.77. The van der Waals surface area contributed by atoms with Crippen molar-refractivity contribution in [3.05, 3.63) is 76.8 Å². The molecule has 0 radical (unpaired) electrons. The van der Waals surface area contributed by atoms with Gasteiger partial charge in [-0.2, -0.15) is 0 Å². The van der Waals surface area contributed by atoms with Gasteiger partial charge in [0, 0.05) is 30.6 Å². The monoisotopic (exact) mass is 478 g/mol. The first-order valence-corrected chi connectivity index (χ1v) is 11.5. The number of nitrogens with one attached hydrogen (secondary N) is 1. The van der Waals surface area contributed by atoms with E-state index in [0.717, 1.165) is 16.7 Å². The number of benzene rings is 2. The Balaban J connectivity index is 1.41. The molecular formula is C27H27FN2O5. The molecule has 1 saturated heterocycles. The number of aliphatic hydroxyl groups is 1. The van der Waals surface area contributed by atoms with Crippen molar-refractivity contribution in [1.82, 2.24) is 4.90 Å². The summed E-state index contributed by atoms with van der Waals surface area (Å²) >= 11 is 0. The van der Waals surface area contributed by atoms with Gasteiger partial charge in [-0.15, -0.1) is 0 Å². The van der Waals surface area contributed by atoms with E-state index in [2.05, 4.69) is 5.32 Å². The number of fused-ring (bicyclic) bond motifs is 1. The Hall–Kier alpha value is -3.49. The number of amides is 1. The molecule has 8 heteroatoms. The number of aliphatic hydroxyl groups excluding tert-OH is 1. The van der Waals surface area contributed by atoms with E-state index in [9.17, 15) is 19.1 Å². The summed E-state index contributed by atoms with van der Waals surface area (Å²) in [6.45, 7) is 4.80. The smallest absolute Gasteiger partial charge is 0.323 e. The Morgan fingerprint density at radius 1 is 1.26 bits per heavy atom. The van der Waals surface area contributed by atoms with E-state index in [1.807, 2.05) is 49.1 Å². The molecule has 3 heterocycles. The molecule has 1 fully saturated rings. The third-order valence-corrected chi connectivity index (χ3v) is 6.77. The molecule has 2 atom stereocenters. The zero-order valence-corrected chi connectivity index (χ0v) is 19.8. The normalized spacial score (nSPS) is 25.2. The minimum atomic E-state index is -0.679. The number of hydrogen-bond donors (Lipinski definition) is 2. The number of hydrogen-bond acceptors (Lipinski definition) is 6. The number of likely N-dealkylation sites (tertiary alicyclic amines) is 1. The molecule has 3 aliphatic rings. The lowest BCUT2D eigenvalue weighted by atomic mass is 9.91. The van der Waals surface area contributed by atoms with Gasteiger partial charge in [-0.05, 0) is 49.2 Å². The van der Waals surface area contributed by atoms with Crippen LogP contribution in [0.25, 0.3) is 11.1 Å². The lowest BCUT2D eigenvalue weighted by Crippen LogP contribution is -2.36. The number of halogens is 1. The average molecular weight is 479 g/mol. The minimum Gasteiger partial charge on any atom is -0.482 e. The number of anilines is 1. The van der Waals surface area contributed by atoms with Crippen molar-refractivity contribution in [3.8, 4) is 0 Å². The van der Waals surface area contributed by atoms with Crippen LogP contribution in [0.2, 0.25) is 0 Å². The second kappa shape index (κ2) is 8.62. The molecule has 2 aromatic carbocycles. The van der Waals surface area contributed by atoms with Crippen molar-refractivity contribution in [2.75, 3.05) is 19.0 Å². The fourth-order valence-corrected chi connectivity index (χ4v) is 5.07. The van der Waals surface area contributed by atoms with Crippen LogP contribution in [-0.4, -0.2) is 53.3 Å². The van der Waals surface area contributed by atoms with Crippen molar-refractivity contribution in [2.45, 2.75) is 44.6 Å².